The van der Waals surface area contributed by atoms with Crippen molar-refractivity contribution in [2.75, 3.05) is 18.5 Å². The largest absolute Gasteiger partial charge is 0.416 e. The number of rotatable bonds is 2. The van der Waals surface area contributed by atoms with Crippen LogP contribution in [0.2, 0.25) is 0 Å². The number of thiazole rings is 1. The van der Waals surface area contributed by atoms with Crippen LogP contribution in [0, 0.1) is 0 Å². The van der Waals surface area contributed by atoms with Crippen LogP contribution in [0.1, 0.15) is 6.92 Å². The Labute approximate surface area is 138 Å². The Morgan fingerprint density at radius 3 is 3.00 bits per heavy atom. The highest BCUT2D eigenvalue weighted by atomic mass is 32.1. The Kier molecular flexibility index (Phi) is 4.45. The lowest BCUT2D eigenvalue weighted by Crippen LogP contribution is -2.58. The second-order valence-electron chi connectivity index (χ2n) is 5.19. The van der Waals surface area contributed by atoms with E-state index in [9.17, 15) is 18.0 Å². The van der Waals surface area contributed by atoms with Gasteiger partial charge in [-0.2, -0.15) is 18.3 Å². The van der Waals surface area contributed by atoms with Gasteiger partial charge >= 0.3 is 12.2 Å². The lowest BCUT2D eigenvalue weighted by atomic mass is 10.1. The fourth-order valence-corrected chi connectivity index (χ4v) is 3.16. The van der Waals surface area contributed by atoms with E-state index in [4.69, 9.17) is 4.74 Å². The van der Waals surface area contributed by atoms with E-state index < -0.39 is 24.4 Å². The van der Waals surface area contributed by atoms with Crippen LogP contribution >= 0.6 is 11.3 Å². The summed E-state index contributed by atoms with van der Waals surface area (Å²) < 4.78 is 43.6. The molecule has 130 valence electrons. The van der Waals surface area contributed by atoms with Gasteiger partial charge in [-0.05, 0) is 6.92 Å². The van der Waals surface area contributed by atoms with Gasteiger partial charge in [0.15, 0.2) is 6.10 Å². The third-order valence-electron chi connectivity index (χ3n) is 3.67. The molecule has 3 heterocycles. The average molecular weight is 361 g/mol. The first-order chi connectivity index (χ1) is 11.4. The first-order valence-electron chi connectivity index (χ1n) is 7.07. The van der Waals surface area contributed by atoms with Gasteiger partial charge < -0.3 is 15.0 Å². The molecule has 2 N–H and O–H groups in total. The fraction of sp³-hybridized carbons (Fsp3) is 0.462. The zero-order valence-corrected chi connectivity index (χ0v) is 13.3. The quantitative estimate of drug-likeness (QED) is 0.862. The number of H-pyrrole nitrogens is 1. The maximum Gasteiger partial charge on any atom is 0.416 e. The summed E-state index contributed by atoms with van der Waals surface area (Å²) in [6, 6.07) is -1.77. The molecule has 0 spiro atoms. The van der Waals surface area contributed by atoms with Crippen LogP contribution in [0.3, 0.4) is 0 Å². The number of aromatic amines is 1. The first kappa shape index (κ1) is 16.7. The van der Waals surface area contributed by atoms with Crippen molar-refractivity contribution in [3.8, 4) is 10.7 Å². The van der Waals surface area contributed by atoms with Gasteiger partial charge in [0.2, 0.25) is 0 Å². The Hall–Kier alpha value is -2.14. The minimum Gasteiger partial charge on any atom is -0.365 e. The molecule has 11 heteroatoms. The fourth-order valence-electron chi connectivity index (χ4n) is 2.52. The summed E-state index contributed by atoms with van der Waals surface area (Å²) in [5.41, 5.74) is 0.865. The molecule has 2 amide bonds. The predicted octanol–water partition coefficient (Wildman–Crippen LogP) is 2.72. The minimum atomic E-state index is -4.53. The van der Waals surface area contributed by atoms with Gasteiger partial charge in [-0.3, -0.25) is 5.10 Å². The van der Waals surface area contributed by atoms with E-state index in [1.54, 1.807) is 11.6 Å². The van der Waals surface area contributed by atoms with E-state index in [-0.39, 0.29) is 13.2 Å². The molecule has 1 aliphatic heterocycles. The van der Waals surface area contributed by atoms with E-state index in [0.29, 0.717) is 16.4 Å². The maximum absolute atomic E-state index is 13.0. The number of amides is 2. The first-order valence-corrected chi connectivity index (χ1v) is 7.95. The Balaban J connectivity index is 1.75. The van der Waals surface area contributed by atoms with Crippen LogP contribution in [-0.4, -0.2) is 57.6 Å². The summed E-state index contributed by atoms with van der Waals surface area (Å²) in [5.74, 6) is 0. The molecule has 2 aromatic heterocycles. The number of halogens is 3. The molecular weight excluding hydrogens is 347 g/mol. The Bertz CT molecular complexity index is 703. The number of carbonyl (C=O) groups excluding carboxylic acids is 1. The monoisotopic (exact) mass is 361 g/mol. The molecule has 1 fully saturated rings. The van der Waals surface area contributed by atoms with Crippen molar-refractivity contribution in [3.05, 3.63) is 17.8 Å². The van der Waals surface area contributed by atoms with Crippen molar-refractivity contribution >= 4 is 23.1 Å². The highest BCUT2D eigenvalue weighted by molar-refractivity contribution is 7.13. The summed E-state index contributed by atoms with van der Waals surface area (Å²) in [6.45, 7) is 1.21. The number of morpholine rings is 1. The molecule has 3 rings (SSSR count). The summed E-state index contributed by atoms with van der Waals surface area (Å²) in [5, 5.41) is 11.5. The number of ether oxygens (including phenoxy) is 1. The van der Waals surface area contributed by atoms with Gasteiger partial charge in [0.1, 0.15) is 10.7 Å². The van der Waals surface area contributed by atoms with Crippen LogP contribution in [-0.2, 0) is 4.74 Å². The highest BCUT2D eigenvalue weighted by Crippen LogP contribution is 2.31. The van der Waals surface area contributed by atoms with Gasteiger partial charge in [-0.1, -0.05) is 0 Å². The highest BCUT2D eigenvalue weighted by Gasteiger charge is 2.49. The number of urea groups is 1. The number of carbonyl (C=O) groups is 1. The van der Waals surface area contributed by atoms with Crippen molar-refractivity contribution in [2.45, 2.75) is 25.2 Å². The molecule has 1 saturated heterocycles. The lowest BCUT2D eigenvalue weighted by molar-refractivity contribution is -0.246. The van der Waals surface area contributed by atoms with Gasteiger partial charge in [0.25, 0.3) is 0 Å². The van der Waals surface area contributed by atoms with E-state index in [0.717, 1.165) is 4.90 Å². The topological polar surface area (TPSA) is 83.1 Å². The third kappa shape index (κ3) is 3.22. The number of nitrogens with one attached hydrogen (secondary N) is 2. The molecule has 7 nitrogen and oxygen atoms in total. The minimum absolute atomic E-state index is 0.0734. The molecule has 2 atom stereocenters. The van der Waals surface area contributed by atoms with Crippen molar-refractivity contribution in [1.82, 2.24) is 20.1 Å². The Morgan fingerprint density at radius 1 is 1.54 bits per heavy atom. The summed E-state index contributed by atoms with van der Waals surface area (Å²) >= 11 is 1.35. The SMILES string of the molecule is CC1C(C(F)(F)F)OCCN1C(=O)Nc1cn[nH]c1-c1nccs1. The van der Waals surface area contributed by atoms with E-state index >= 15 is 0 Å². The maximum atomic E-state index is 13.0. The standard InChI is InChI=1S/C13H14F3N5O2S/c1-7-10(13(14,15)16)23-4-3-21(7)12(22)19-8-6-18-20-9(8)11-17-2-5-24-11/h2,5-7,10H,3-4H2,1H3,(H,18,20)(H,19,22). The number of alkyl halides is 3. The Morgan fingerprint density at radius 2 is 2.33 bits per heavy atom. The number of aromatic nitrogens is 3. The summed E-state index contributed by atoms with van der Waals surface area (Å²) in [6.07, 6.45) is -3.54. The van der Waals surface area contributed by atoms with E-state index in [2.05, 4.69) is 20.5 Å². The molecule has 0 aliphatic carbocycles. The van der Waals surface area contributed by atoms with Gasteiger partial charge in [0.05, 0.1) is 24.5 Å². The summed E-state index contributed by atoms with van der Waals surface area (Å²) in [7, 11) is 0. The van der Waals surface area contributed by atoms with Crippen LogP contribution in [0.15, 0.2) is 17.8 Å². The number of anilines is 1. The molecule has 0 bridgehead atoms. The van der Waals surface area contributed by atoms with Crippen molar-refractivity contribution < 1.29 is 22.7 Å². The number of hydrogen-bond acceptors (Lipinski definition) is 5. The molecule has 0 saturated carbocycles. The second kappa shape index (κ2) is 6.40. The van der Waals surface area contributed by atoms with Crippen molar-refractivity contribution in [2.24, 2.45) is 0 Å². The third-order valence-corrected chi connectivity index (χ3v) is 4.46. The molecule has 0 aromatic carbocycles. The summed E-state index contributed by atoms with van der Waals surface area (Å²) in [4.78, 5) is 17.6. The van der Waals surface area contributed by atoms with Crippen LogP contribution in [0.5, 0.6) is 0 Å². The molecule has 24 heavy (non-hydrogen) atoms. The molecule has 1 aliphatic rings. The van der Waals surface area contributed by atoms with Crippen LogP contribution in [0.4, 0.5) is 23.7 Å². The second-order valence-corrected chi connectivity index (χ2v) is 6.09. The van der Waals surface area contributed by atoms with Crippen LogP contribution in [0.25, 0.3) is 10.7 Å². The predicted molar refractivity (Wildman–Crippen MR) is 80.7 cm³/mol. The van der Waals surface area contributed by atoms with Gasteiger partial charge in [-0.15, -0.1) is 11.3 Å². The average Bonchev–Trinajstić information content (AvgIpc) is 3.16. The zero-order chi connectivity index (χ0) is 17.3. The normalized spacial score (nSPS) is 21.8. The molecule has 2 unspecified atom stereocenters. The molecule has 2 aromatic rings. The lowest BCUT2D eigenvalue weighted by Gasteiger charge is -2.39. The van der Waals surface area contributed by atoms with Crippen molar-refractivity contribution in [3.63, 3.8) is 0 Å². The number of hydrogen-bond donors (Lipinski definition) is 2. The van der Waals surface area contributed by atoms with Crippen LogP contribution < -0.4 is 5.32 Å². The van der Waals surface area contributed by atoms with E-state index in [1.807, 2.05) is 0 Å². The van der Waals surface area contributed by atoms with Gasteiger partial charge in [0, 0.05) is 18.1 Å². The zero-order valence-electron chi connectivity index (χ0n) is 12.5. The van der Waals surface area contributed by atoms with Crippen molar-refractivity contribution in [1.29, 1.82) is 0 Å². The van der Waals surface area contributed by atoms with E-state index in [1.165, 1.54) is 24.5 Å². The van der Waals surface area contributed by atoms with Gasteiger partial charge in [-0.25, -0.2) is 9.78 Å². The molecule has 0 radical (unpaired) electrons. The number of nitrogens with zero attached hydrogens (tertiary/aromatic N) is 3. The molecular formula is C13H14F3N5O2S. The smallest absolute Gasteiger partial charge is 0.365 e.